The number of nitrogens with one attached hydrogen (secondary N) is 1. The highest BCUT2D eigenvalue weighted by Crippen LogP contribution is 2.58. The lowest BCUT2D eigenvalue weighted by Crippen LogP contribution is -2.32. The van der Waals surface area contributed by atoms with Crippen molar-refractivity contribution in [3.8, 4) is 0 Å². The average Bonchev–Trinajstić information content (AvgIpc) is 2.46. The Morgan fingerprint density at radius 1 is 1.33 bits per heavy atom. The van der Waals surface area contributed by atoms with E-state index in [4.69, 9.17) is 0 Å². The molecule has 2 saturated carbocycles. The highest BCUT2D eigenvalue weighted by atomic mass is 16.2. The minimum absolute atomic E-state index is 0.332. The molecule has 1 amide bonds. The van der Waals surface area contributed by atoms with E-state index in [2.05, 4.69) is 5.32 Å². The van der Waals surface area contributed by atoms with Gasteiger partial charge in [0.05, 0.1) is 0 Å². The van der Waals surface area contributed by atoms with Gasteiger partial charge in [0.2, 0.25) is 5.91 Å². The van der Waals surface area contributed by atoms with E-state index in [1.54, 1.807) is 0 Å². The summed E-state index contributed by atoms with van der Waals surface area (Å²) >= 11 is 0. The van der Waals surface area contributed by atoms with E-state index in [0.29, 0.717) is 17.9 Å². The van der Waals surface area contributed by atoms with Crippen molar-refractivity contribution in [2.75, 3.05) is 0 Å². The number of hydrogen-bond donors (Lipinski definition) is 1. The molecule has 0 aromatic heterocycles. The smallest absolute Gasteiger partial charge is 0.223 e. The van der Waals surface area contributed by atoms with Crippen LogP contribution in [0.2, 0.25) is 0 Å². The van der Waals surface area contributed by atoms with Gasteiger partial charge in [-0.15, -0.1) is 0 Å². The highest BCUT2D eigenvalue weighted by Gasteiger charge is 2.61. The Kier molecular flexibility index (Phi) is 0.491. The van der Waals surface area contributed by atoms with Gasteiger partial charge in [-0.3, -0.25) is 4.79 Å². The van der Waals surface area contributed by atoms with E-state index in [1.807, 2.05) is 0 Å². The summed E-state index contributed by atoms with van der Waals surface area (Å²) in [7, 11) is 0. The van der Waals surface area contributed by atoms with Crippen LogP contribution in [-0.4, -0.2) is 11.9 Å². The fraction of sp³-hybridized carbons (Fsp3) is 0.857. The van der Waals surface area contributed by atoms with Crippen LogP contribution >= 0.6 is 0 Å². The van der Waals surface area contributed by atoms with Crippen molar-refractivity contribution in [1.82, 2.24) is 5.32 Å². The summed E-state index contributed by atoms with van der Waals surface area (Å²) in [6, 6.07) is 0.590. The van der Waals surface area contributed by atoms with E-state index < -0.39 is 0 Å². The number of carbonyl (C=O) groups is 1. The lowest BCUT2D eigenvalue weighted by atomic mass is 10.1. The van der Waals surface area contributed by atoms with Gasteiger partial charge in [0.1, 0.15) is 0 Å². The lowest BCUT2D eigenvalue weighted by molar-refractivity contribution is -0.123. The lowest BCUT2D eigenvalue weighted by Gasteiger charge is -2.08. The van der Waals surface area contributed by atoms with Crippen LogP contribution in [-0.2, 0) is 4.79 Å². The third-order valence-corrected chi connectivity index (χ3v) is 3.10. The zero-order valence-corrected chi connectivity index (χ0v) is 5.13. The van der Waals surface area contributed by atoms with Crippen LogP contribution in [0, 0.1) is 17.8 Å². The number of hydrogen-bond acceptors (Lipinski definition) is 1. The monoisotopic (exact) mass is 123 g/mol. The first-order valence-corrected chi connectivity index (χ1v) is 3.66. The maximum Gasteiger partial charge on any atom is 0.223 e. The number of piperidine rings is 1. The molecular weight excluding hydrogens is 114 g/mol. The van der Waals surface area contributed by atoms with Crippen LogP contribution in [0.5, 0.6) is 0 Å². The Morgan fingerprint density at radius 2 is 2.22 bits per heavy atom. The van der Waals surface area contributed by atoms with Crippen molar-refractivity contribution in [2.45, 2.75) is 18.9 Å². The van der Waals surface area contributed by atoms with Crippen LogP contribution in [0.25, 0.3) is 0 Å². The molecule has 0 radical (unpaired) electrons. The first-order valence-electron chi connectivity index (χ1n) is 3.66. The van der Waals surface area contributed by atoms with E-state index in [0.717, 1.165) is 18.3 Å². The molecular formula is C7H9NO. The zero-order chi connectivity index (χ0) is 6.01. The van der Waals surface area contributed by atoms with Crippen LogP contribution in [0.1, 0.15) is 12.8 Å². The molecule has 2 bridgehead atoms. The third-order valence-electron chi connectivity index (χ3n) is 3.10. The summed E-state index contributed by atoms with van der Waals surface area (Å²) in [6.45, 7) is 0. The Morgan fingerprint density at radius 3 is 2.78 bits per heavy atom. The van der Waals surface area contributed by atoms with Gasteiger partial charge in [0.25, 0.3) is 0 Å². The molecule has 0 unspecified atom stereocenters. The van der Waals surface area contributed by atoms with E-state index in [-0.39, 0.29) is 0 Å². The normalized spacial score (nSPS) is 59.3. The summed E-state index contributed by atoms with van der Waals surface area (Å²) in [5.74, 6) is 2.47. The maximum atomic E-state index is 11.0. The molecule has 0 aromatic rings. The van der Waals surface area contributed by atoms with Gasteiger partial charge in [-0.25, -0.2) is 0 Å². The molecule has 4 atom stereocenters. The van der Waals surface area contributed by atoms with Gasteiger partial charge in [-0.2, -0.15) is 0 Å². The van der Waals surface area contributed by atoms with Gasteiger partial charge in [0.15, 0.2) is 0 Å². The van der Waals surface area contributed by atoms with Gasteiger partial charge in [-0.1, -0.05) is 0 Å². The SMILES string of the molecule is O=C1N[C@@H]2C[C@H]1[C@H]1C[C@H]12. The summed E-state index contributed by atoms with van der Waals surface area (Å²) in [6.07, 6.45) is 2.47. The topological polar surface area (TPSA) is 29.1 Å². The average molecular weight is 123 g/mol. The quantitative estimate of drug-likeness (QED) is 0.487. The molecule has 2 heteroatoms. The molecule has 2 nitrogen and oxygen atoms in total. The Bertz CT molecular complexity index is 189. The number of fused-ring (bicyclic) bond motifs is 5. The van der Waals surface area contributed by atoms with E-state index in [9.17, 15) is 4.79 Å². The molecule has 48 valence electrons. The molecule has 1 saturated heterocycles. The molecule has 3 aliphatic rings. The first-order chi connectivity index (χ1) is 4.36. The Hall–Kier alpha value is -0.530. The van der Waals surface area contributed by atoms with E-state index >= 15 is 0 Å². The van der Waals surface area contributed by atoms with Gasteiger partial charge in [-0.05, 0) is 24.7 Å². The van der Waals surface area contributed by atoms with Crippen LogP contribution in [0.4, 0.5) is 0 Å². The third kappa shape index (κ3) is 0.345. The molecule has 0 aromatic carbocycles. The van der Waals surface area contributed by atoms with Crippen molar-refractivity contribution in [3.63, 3.8) is 0 Å². The number of rotatable bonds is 0. The molecule has 2 aliphatic carbocycles. The standard InChI is InChI=1S/C7H9NO/c9-7-5-2-6(8-7)4-1-3(4)5/h3-6H,1-2H2,(H,8,9)/t3-,4+,5-,6+/m0/s1. The number of amides is 1. The molecule has 1 heterocycles. The number of carbonyl (C=O) groups excluding carboxylic acids is 1. The molecule has 3 rings (SSSR count). The largest absolute Gasteiger partial charge is 0.353 e. The molecule has 3 fully saturated rings. The second-order valence-corrected chi connectivity index (χ2v) is 3.52. The van der Waals surface area contributed by atoms with Crippen LogP contribution in [0.3, 0.4) is 0 Å². The summed E-state index contributed by atoms with van der Waals surface area (Å²) in [4.78, 5) is 11.0. The molecule has 9 heavy (non-hydrogen) atoms. The van der Waals surface area contributed by atoms with Crippen molar-refractivity contribution in [1.29, 1.82) is 0 Å². The fourth-order valence-electron chi connectivity index (χ4n) is 2.54. The Labute approximate surface area is 53.6 Å². The maximum absolute atomic E-state index is 11.0. The Balaban J connectivity index is 2.04. The van der Waals surface area contributed by atoms with Crippen LogP contribution in [0.15, 0.2) is 0 Å². The van der Waals surface area contributed by atoms with Crippen molar-refractivity contribution < 1.29 is 4.79 Å². The fourth-order valence-corrected chi connectivity index (χ4v) is 2.54. The predicted octanol–water partition coefficient (Wildman–Crippen LogP) is 0.141. The minimum Gasteiger partial charge on any atom is -0.353 e. The molecule has 1 N–H and O–H groups in total. The first kappa shape index (κ1) is 4.31. The van der Waals surface area contributed by atoms with Gasteiger partial charge in [0, 0.05) is 12.0 Å². The molecule has 1 aliphatic heterocycles. The second-order valence-electron chi connectivity index (χ2n) is 3.52. The van der Waals surface area contributed by atoms with Crippen molar-refractivity contribution >= 4 is 5.91 Å². The minimum atomic E-state index is 0.332. The van der Waals surface area contributed by atoms with Gasteiger partial charge >= 0.3 is 0 Å². The second kappa shape index (κ2) is 1.02. The van der Waals surface area contributed by atoms with Crippen LogP contribution < -0.4 is 5.32 Å². The predicted molar refractivity (Wildman–Crippen MR) is 31.6 cm³/mol. The van der Waals surface area contributed by atoms with Crippen molar-refractivity contribution in [2.24, 2.45) is 17.8 Å². The van der Waals surface area contributed by atoms with E-state index in [1.165, 1.54) is 6.42 Å². The summed E-state index contributed by atoms with van der Waals surface area (Å²) in [5.41, 5.74) is 0. The zero-order valence-electron chi connectivity index (χ0n) is 5.13. The summed E-state index contributed by atoms with van der Waals surface area (Å²) in [5, 5.41) is 3.01. The highest BCUT2D eigenvalue weighted by molar-refractivity contribution is 5.83. The van der Waals surface area contributed by atoms with Crippen molar-refractivity contribution in [3.05, 3.63) is 0 Å². The molecule has 0 spiro atoms. The summed E-state index contributed by atoms with van der Waals surface area (Å²) < 4.78 is 0. The van der Waals surface area contributed by atoms with Gasteiger partial charge < -0.3 is 5.32 Å².